The number of hydrogen-bond donors (Lipinski definition) is 1. The molecule has 2 saturated carbocycles. The Hall–Kier alpha value is -0.530. The van der Waals surface area contributed by atoms with Gasteiger partial charge in [-0.15, -0.1) is 0 Å². The molecule has 0 bridgehead atoms. The van der Waals surface area contributed by atoms with Crippen molar-refractivity contribution in [3.8, 4) is 0 Å². The zero-order valence-corrected chi connectivity index (χ0v) is 6.18. The van der Waals surface area contributed by atoms with E-state index in [0.717, 1.165) is 25.7 Å². The van der Waals surface area contributed by atoms with Gasteiger partial charge in [-0.2, -0.15) is 0 Å². The summed E-state index contributed by atoms with van der Waals surface area (Å²) in [5.41, 5.74) is -0.105. The maximum Gasteiger partial charge on any atom is 0.310 e. The van der Waals surface area contributed by atoms with Gasteiger partial charge in [-0.25, -0.2) is 0 Å². The summed E-state index contributed by atoms with van der Waals surface area (Å²) in [6.45, 7) is 2.11. The zero-order chi connectivity index (χ0) is 7.41. The van der Waals surface area contributed by atoms with Crippen LogP contribution in [0.2, 0.25) is 0 Å². The Labute approximate surface area is 60.2 Å². The third kappa shape index (κ3) is 0.446. The van der Waals surface area contributed by atoms with Gasteiger partial charge in [0, 0.05) is 0 Å². The molecule has 2 atom stereocenters. The molecule has 0 aromatic carbocycles. The van der Waals surface area contributed by atoms with Gasteiger partial charge >= 0.3 is 5.97 Å². The highest BCUT2D eigenvalue weighted by Crippen LogP contribution is 2.73. The molecule has 0 aromatic heterocycles. The fraction of sp³-hybridized carbons (Fsp3) is 0.875. The van der Waals surface area contributed by atoms with E-state index >= 15 is 0 Å². The van der Waals surface area contributed by atoms with Crippen molar-refractivity contribution in [1.29, 1.82) is 0 Å². The number of rotatable bonds is 1. The summed E-state index contributed by atoms with van der Waals surface area (Å²) < 4.78 is 0. The van der Waals surface area contributed by atoms with Crippen LogP contribution in [0.15, 0.2) is 0 Å². The van der Waals surface area contributed by atoms with Crippen molar-refractivity contribution in [3.63, 3.8) is 0 Å². The lowest BCUT2D eigenvalue weighted by molar-refractivity contribution is -0.144. The van der Waals surface area contributed by atoms with E-state index in [1.807, 2.05) is 0 Å². The molecular formula is C8H12O2. The lowest BCUT2D eigenvalue weighted by Crippen LogP contribution is -2.16. The number of carboxylic acids is 1. The molecule has 0 radical (unpaired) electrons. The van der Waals surface area contributed by atoms with Gasteiger partial charge in [-0.1, -0.05) is 13.3 Å². The molecule has 10 heavy (non-hydrogen) atoms. The van der Waals surface area contributed by atoms with Crippen molar-refractivity contribution in [2.75, 3.05) is 0 Å². The van der Waals surface area contributed by atoms with Gasteiger partial charge in [0.1, 0.15) is 0 Å². The van der Waals surface area contributed by atoms with Crippen molar-refractivity contribution in [2.24, 2.45) is 10.8 Å². The normalized spacial score (nSPS) is 50.5. The van der Waals surface area contributed by atoms with E-state index in [-0.39, 0.29) is 10.8 Å². The lowest BCUT2D eigenvalue weighted by Gasteiger charge is -2.06. The SMILES string of the molecule is C[C@@]12CCCC1(C(=O)O)C2. The number of fused-ring (bicyclic) bond motifs is 1. The molecular weight excluding hydrogens is 128 g/mol. The Morgan fingerprint density at radius 3 is 2.40 bits per heavy atom. The average molecular weight is 140 g/mol. The number of aliphatic carboxylic acids is 1. The predicted molar refractivity (Wildman–Crippen MR) is 36.6 cm³/mol. The molecule has 2 fully saturated rings. The van der Waals surface area contributed by atoms with Crippen LogP contribution >= 0.6 is 0 Å². The molecule has 0 heterocycles. The molecule has 0 saturated heterocycles. The van der Waals surface area contributed by atoms with Gasteiger partial charge in [0.05, 0.1) is 5.41 Å². The van der Waals surface area contributed by atoms with Crippen molar-refractivity contribution in [1.82, 2.24) is 0 Å². The van der Waals surface area contributed by atoms with E-state index in [1.54, 1.807) is 0 Å². The Morgan fingerprint density at radius 1 is 1.50 bits per heavy atom. The lowest BCUT2D eigenvalue weighted by atomic mass is 9.99. The third-order valence-corrected chi connectivity index (χ3v) is 3.46. The van der Waals surface area contributed by atoms with Crippen LogP contribution in [0.1, 0.15) is 32.6 Å². The molecule has 0 amide bonds. The van der Waals surface area contributed by atoms with Crippen molar-refractivity contribution in [2.45, 2.75) is 32.6 Å². The number of carboxylic acid groups (broad SMARTS) is 1. The van der Waals surface area contributed by atoms with E-state index in [4.69, 9.17) is 5.11 Å². The molecule has 2 heteroatoms. The van der Waals surface area contributed by atoms with E-state index in [0.29, 0.717) is 0 Å². The highest BCUT2D eigenvalue weighted by atomic mass is 16.4. The summed E-state index contributed by atoms with van der Waals surface area (Å²) in [5.74, 6) is -0.562. The molecule has 0 spiro atoms. The van der Waals surface area contributed by atoms with Crippen molar-refractivity contribution in [3.05, 3.63) is 0 Å². The van der Waals surface area contributed by atoms with E-state index in [9.17, 15) is 4.79 Å². The van der Waals surface area contributed by atoms with Crippen LogP contribution in [-0.2, 0) is 4.79 Å². The van der Waals surface area contributed by atoms with Gasteiger partial charge in [0.2, 0.25) is 0 Å². The maximum atomic E-state index is 10.8. The first-order valence-electron chi connectivity index (χ1n) is 3.84. The number of carbonyl (C=O) groups is 1. The summed E-state index contributed by atoms with van der Waals surface area (Å²) in [5, 5.41) is 8.88. The first-order valence-corrected chi connectivity index (χ1v) is 3.84. The van der Waals surface area contributed by atoms with E-state index < -0.39 is 5.97 Å². The molecule has 2 rings (SSSR count). The first kappa shape index (κ1) is 6.20. The minimum atomic E-state index is -0.562. The van der Waals surface area contributed by atoms with Crippen LogP contribution in [0, 0.1) is 10.8 Å². The summed E-state index contributed by atoms with van der Waals surface area (Å²) in [6, 6.07) is 0. The van der Waals surface area contributed by atoms with Crippen LogP contribution in [0.5, 0.6) is 0 Å². The summed E-state index contributed by atoms with van der Waals surface area (Å²) >= 11 is 0. The van der Waals surface area contributed by atoms with Gasteiger partial charge in [-0.3, -0.25) is 4.79 Å². The second kappa shape index (κ2) is 1.39. The van der Waals surface area contributed by atoms with Crippen molar-refractivity contribution < 1.29 is 9.90 Å². The minimum absolute atomic E-state index is 0.179. The second-order valence-corrected chi connectivity index (χ2v) is 3.98. The Bertz CT molecular complexity index is 195. The van der Waals surface area contributed by atoms with Gasteiger partial charge in [0.15, 0.2) is 0 Å². The fourth-order valence-corrected chi connectivity index (χ4v) is 2.56. The quantitative estimate of drug-likeness (QED) is 0.601. The van der Waals surface area contributed by atoms with Crippen molar-refractivity contribution >= 4 is 5.97 Å². The summed E-state index contributed by atoms with van der Waals surface area (Å²) in [4.78, 5) is 10.8. The fourth-order valence-electron chi connectivity index (χ4n) is 2.56. The average Bonchev–Trinajstić information content (AvgIpc) is 2.29. The number of hydrogen-bond acceptors (Lipinski definition) is 1. The molecule has 2 aliphatic carbocycles. The Morgan fingerprint density at radius 2 is 2.20 bits per heavy atom. The molecule has 1 N–H and O–H groups in total. The van der Waals surface area contributed by atoms with Crippen LogP contribution in [0.4, 0.5) is 0 Å². The van der Waals surface area contributed by atoms with Crippen LogP contribution in [0.3, 0.4) is 0 Å². The predicted octanol–water partition coefficient (Wildman–Crippen LogP) is 1.65. The molecule has 1 unspecified atom stereocenters. The summed E-state index contributed by atoms with van der Waals surface area (Å²) in [6.07, 6.45) is 4.08. The van der Waals surface area contributed by atoms with E-state index in [1.165, 1.54) is 0 Å². The van der Waals surface area contributed by atoms with Crippen LogP contribution in [-0.4, -0.2) is 11.1 Å². The van der Waals surface area contributed by atoms with Crippen LogP contribution in [0.25, 0.3) is 0 Å². The molecule has 56 valence electrons. The first-order chi connectivity index (χ1) is 4.61. The smallest absolute Gasteiger partial charge is 0.310 e. The topological polar surface area (TPSA) is 37.3 Å². The molecule has 0 aromatic rings. The van der Waals surface area contributed by atoms with Crippen LogP contribution < -0.4 is 0 Å². The highest BCUT2D eigenvalue weighted by molar-refractivity contribution is 5.80. The minimum Gasteiger partial charge on any atom is -0.481 e. The largest absolute Gasteiger partial charge is 0.481 e. The van der Waals surface area contributed by atoms with E-state index in [2.05, 4.69) is 6.92 Å². The summed E-state index contributed by atoms with van der Waals surface area (Å²) in [7, 11) is 0. The zero-order valence-electron chi connectivity index (χ0n) is 6.18. The Kier molecular flexibility index (Phi) is 0.859. The standard InChI is InChI=1S/C8H12O2/c1-7-3-2-4-8(7,5-7)6(9)10/h2-5H2,1H3,(H,9,10)/t7-,8?/m0/s1. The Balaban J connectivity index is 2.28. The van der Waals surface area contributed by atoms with Gasteiger partial charge < -0.3 is 5.11 Å². The van der Waals surface area contributed by atoms with Gasteiger partial charge in [0.25, 0.3) is 0 Å². The van der Waals surface area contributed by atoms with Gasteiger partial charge in [-0.05, 0) is 24.7 Å². The molecule has 2 aliphatic rings. The molecule has 2 nitrogen and oxygen atoms in total. The second-order valence-electron chi connectivity index (χ2n) is 3.98. The monoisotopic (exact) mass is 140 g/mol. The molecule has 0 aliphatic heterocycles. The highest BCUT2D eigenvalue weighted by Gasteiger charge is 2.71. The maximum absolute atomic E-state index is 10.8. The third-order valence-electron chi connectivity index (χ3n) is 3.46.